The first-order valence-electron chi connectivity index (χ1n) is 13.5. The van der Waals surface area contributed by atoms with Crippen LogP contribution in [0.15, 0.2) is 103 Å². The summed E-state index contributed by atoms with van der Waals surface area (Å²) in [5.74, 6) is 0.979. The van der Waals surface area contributed by atoms with Gasteiger partial charge < -0.3 is 19.9 Å². The van der Waals surface area contributed by atoms with Crippen LogP contribution in [-0.2, 0) is 19.6 Å². The third-order valence-corrected chi connectivity index (χ3v) is 7.15. The fourth-order valence-electron chi connectivity index (χ4n) is 4.78. The second-order valence-corrected chi connectivity index (χ2v) is 10.9. The van der Waals surface area contributed by atoms with E-state index in [9.17, 15) is 5.11 Å². The second kappa shape index (κ2) is 13.7. The number of ether oxygens (including phenoxy) is 2. The molecule has 204 valence electrons. The maximum absolute atomic E-state index is 11.6. The van der Waals surface area contributed by atoms with Crippen LogP contribution in [0.5, 0.6) is 11.5 Å². The van der Waals surface area contributed by atoms with Gasteiger partial charge in [0.15, 0.2) is 11.5 Å². The third kappa shape index (κ3) is 8.09. The highest BCUT2D eigenvalue weighted by atomic mass is 35.5. The van der Waals surface area contributed by atoms with Crippen molar-refractivity contribution in [1.82, 2.24) is 5.32 Å². The van der Waals surface area contributed by atoms with Gasteiger partial charge in [0.2, 0.25) is 0 Å². The molecule has 4 aromatic rings. The number of nitrogens with one attached hydrogen (secondary N) is 1. The largest absolute Gasteiger partial charge is 0.485 e. The van der Waals surface area contributed by atoms with Gasteiger partial charge >= 0.3 is 0 Å². The summed E-state index contributed by atoms with van der Waals surface area (Å²) in [4.78, 5) is 0. The van der Waals surface area contributed by atoms with Gasteiger partial charge in [0, 0.05) is 17.1 Å². The van der Waals surface area contributed by atoms with Gasteiger partial charge in [-0.15, -0.1) is 0 Å². The van der Waals surface area contributed by atoms with Crippen LogP contribution in [0, 0.1) is 0 Å². The molecule has 0 aliphatic heterocycles. The lowest BCUT2D eigenvalue weighted by atomic mass is 9.91. The first-order valence-corrected chi connectivity index (χ1v) is 13.9. The van der Waals surface area contributed by atoms with E-state index in [1.165, 1.54) is 5.56 Å². The number of halogens is 1. The van der Waals surface area contributed by atoms with E-state index >= 15 is 0 Å². The normalized spacial score (nSPS) is 13.1. The van der Waals surface area contributed by atoms with Crippen molar-refractivity contribution in [2.45, 2.75) is 64.5 Å². The summed E-state index contributed by atoms with van der Waals surface area (Å²) >= 11 is 6.97. The molecular weight excluding hydrogens is 506 g/mol. The molecule has 39 heavy (non-hydrogen) atoms. The summed E-state index contributed by atoms with van der Waals surface area (Å²) in [6, 6.07) is 33.7. The number of aliphatic hydroxyl groups is 1. The minimum Gasteiger partial charge on any atom is -0.485 e. The molecule has 0 aliphatic carbocycles. The summed E-state index contributed by atoms with van der Waals surface area (Å²) < 4.78 is 12.4. The number of aliphatic hydroxyl groups excluding tert-OH is 1. The molecule has 5 heteroatoms. The molecule has 0 aromatic heterocycles. The molecule has 0 heterocycles. The van der Waals surface area contributed by atoms with Gasteiger partial charge in [-0.05, 0) is 49.4 Å². The van der Waals surface area contributed by atoms with E-state index < -0.39 is 6.10 Å². The van der Waals surface area contributed by atoms with Crippen LogP contribution in [0.3, 0.4) is 0 Å². The highest BCUT2D eigenvalue weighted by Gasteiger charge is 2.30. The summed E-state index contributed by atoms with van der Waals surface area (Å²) in [5.41, 5.74) is 3.68. The standard InChI is InChI=1S/C34H38ClNO3/c1-4-29(36-34(2,3)22-25-14-8-5-9-15-25)32(37)28-20-21-30(38-23-26-16-10-6-11-17-26)33(31(28)35)39-24-27-18-12-7-13-19-27/h5-21,29,32,36-37H,4,22-24H2,1-3H3. The molecule has 4 aromatic carbocycles. The minimum atomic E-state index is -0.834. The van der Waals surface area contributed by atoms with Crippen LogP contribution >= 0.6 is 11.6 Å². The van der Waals surface area contributed by atoms with E-state index in [2.05, 4.69) is 50.4 Å². The van der Waals surface area contributed by atoms with Crippen molar-refractivity contribution in [2.75, 3.05) is 0 Å². The maximum atomic E-state index is 11.6. The smallest absolute Gasteiger partial charge is 0.180 e. The van der Waals surface area contributed by atoms with Crippen molar-refractivity contribution in [2.24, 2.45) is 0 Å². The quantitative estimate of drug-likeness (QED) is 0.180. The third-order valence-electron chi connectivity index (χ3n) is 6.76. The van der Waals surface area contributed by atoms with E-state index in [1.807, 2.05) is 78.9 Å². The lowest BCUT2D eigenvalue weighted by Crippen LogP contribution is -2.49. The van der Waals surface area contributed by atoms with Gasteiger partial charge in [-0.25, -0.2) is 0 Å². The van der Waals surface area contributed by atoms with Crippen LogP contribution in [0.4, 0.5) is 0 Å². The van der Waals surface area contributed by atoms with E-state index in [4.69, 9.17) is 21.1 Å². The Morgan fingerprint density at radius 1 is 0.744 bits per heavy atom. The molecule has 2 atom stereocenters. The molecule has 0 amide bonds. The molecular formula is C34H38ClNO3. The van der Waals surface area contributed by atoms with Gasteiger partial charge in [0.05, 0.1) is 11.1 Å². The molecule has 0 saturated carbocycles. The molecule has 0 aliphatic rings. The Bertz CT molecular complexity index is 1300. The fourth-order valence-corrected chi connectivity index (χ4v) is 5.10. The molecule has 4 rings (SSSR count). The molecule has 0 saturated heterocycles. The Labute approximate surface area is 237 Å². The van der Waals surface area contributed by atoms with Crippen molar-refractivity contribution < 1.29 is 14.6 Å². The molecule has 0 fully saturated rings. The number of hydrogen-bond acceptors (Lipinski definition) is 4. The van der Waals surface area contributed by atoms with Crippen LogP contribution in [0.25, 0.3) is 0 Å². The maximum Gasteiger partial charge on any atom is 0.180 e. The molecule has 0 bridgehead atoms. The van der Waals surface area contributed by atoms with E-state index in [0.29, 0.717) is 35.3 Å². The van der Waals surface area contributed by atoms with Crippen LogP contribution in [0.1, 0.15) is 55.5 Å². The van der Waals surface area contributed by atoms with Gasteiger partial charge in [0.1, 0.15) is 13.2 Å². The summed E-state index contributed by atoms with van der Waals surface area (Å²) in [5, 5.41) is 15.6. The lowest BCUT2D eigenvalue weighted by Gasteiger charge is -2.35. The molecule has 4 nitrogen and oxygen atoms in total. The SMILES string of the molecule is CCC(NC(C)(C)Cc1ccccc1)C(O)c1ccc(OCc2ccccc2)c(OCc2ccccc2)c1Cl. The first kappa shape index (κ1) is 28.7. The minimum absolute atomic E-state index is 0.209. The van der Waals surface area contributed by atoms with Crippen molar-refractivity contribution in [1.29, 1.82) is 0 Å². The molecule has 2 unspecified atom stereocenters. The van der Waals surface area contributed by atoms with Gasteiger partial charge in [0.25, 0.3) is 0 Å². The number of rotatable bonds is 13. The number of benzene rings is 4. The molecule has 0 radical (unpaired) electrons. The Hall–Kier alpha value is -3.31. The zero-order valence-corrected chi connectivity index (χ0v) is 23.7. The first-order chi connectivity index (χ1) is 18.9. The highest BCUT2D eigenvalue weighted by Crippen LogP contribution is 2.42. The van der Waals surface area contributed by atoms with Crippen LogP contribution < -0.4 is 14.8 Å². The summed E-state index contributed by atoms with van der Waals surface area (Å²) in [6.07, 6.45) is 0.727. The molecule has 0 spiro atoms. The Morgan fingerprint density at radius 3 is 1.79 bits per heavy atom. The average Bonchev–Trinajstić information content (AvgIpc) is 2.95. The second-order valence-electron chi connectivity index (χ2n) is 10.5. The topological polar surface area (TPSA) is 50.7 Å². The van der Waals surface area contributed by atoms with Crippen molar-refractivity contribution in [3.05, 3.63) is 130 Å². The average molecular weight is 544 g/mol. The van der Waals surface area contributed by atoms with E-state index in [1.54, 1.807) is 0 Å². The molecule has 2 N–H and O–H groups in total. The predicted molar refractivity (Wildman–Crippen MR) is 159 cm³/mol. The Morgan fingerprint density at radius 2 is 1.26 bits per heavy atom. The van der Waals surface area contributed by atoms with E-state index in [0.717, 1.165) is 24.0 Å². The zero-order chi connectivity index (χ0) is 27.7. The Balaban J connectivity index is 1.57. The summed E-state index contributed by atoms with van der Waals surface area (Å²) in [7, 11) is 0. The van der Waals surface area contributed by atoms with Gasteiger partial charge in [-0.2, -0.15) is 0 Å². The highest BCUT2D eigenvalue weighted by molar-refractivity contribution is 6.33. The van der Waals surface area contributed by atoms with Gasteiger partial charge in [-0.3, -0.25) is 0 Å². The van der Waals surface area contributed by atoms with E-state index in [-0.39, 0.29) is 11.6 Å². The lowest BCUT2D eigenvalue weighted by molar-refractivity contribution is 0.107. The summed E-state index contributed by atoms with van der Waals surface area (Å²) in [6.45, 7) is 7.10. The van der Waals surface area contributed by atoms with Gasteiger partial charge in [-0.1, -0.05) is 116 Å². The van der Waals surface area contributed by atoms with Crippen LogP contribution in [-0.4, -0.2) is 16.7 Å². The predicted octanol–water partition coefficient (Wildman–Crippen LogP) is 7.92. The fraction of sp³-hybridized carbons (Fsp3) is 0.294. The van der Waals surface area contributed by atoms with Crippen molar-refractivity contribution in [3.8, 4) is 11.5 Å². The monoisotopic (exact) mass is 543 g/mol. The van der Waals surface area contributed by atoms with Crippen LogP contribution in [0.2, 0.25) is 5.02 Å². The Kier molecular flexibility index (Phi) is 10.0. The number of hydrogen-bond donors (Lipinski definition) is 2. The van der Waals surface area contributed by atoms with Crippen molar-refractivity contribution in [3.63, 3.8) is 0 Å². The van der Waals surface area contributed by atoms with Crippen molar-refractivity contribution >= 4 is 11.6 Å². The zero-order valence-electron chi connectivity index (χ0n) is 22.9.